The van der Waals surface area contributed by atoms with Crippen molar-refractivity contribution >= 4 is 17.3 Å². The number of nitrogens with one attached hydrogen (secondary N) is 2. The lowest BCUT2D eigenvalue weighted by atomic mass is 10.1. The van der Waals surface area contributed by atoms with E-state index in [0.29, 0.717) is 18.2 Å². The van der Waals surface area contributed by atoms with Crippen LogP contribution in [0.15, 0.2) is 22.5 Å². The average Bonchev–Trinajstić information content (AvgIpc) is 3.11. The Kier molecular flexibility index (Phi) is 4.77. The van der Waals surface area contributed by atoms with Gasteiger partial charge in [0.05, 0.1) is 25.3 Å². The zero-order chi connectivity index (χ0) is 14.7. The summed E-state index contributed by atoms with van der Waals surface area (Å²) >= 11 is 1.83. The van der Waals surface area contributed by atoms with Crippen LogP contribution in [0.25, 0.3) is 0 Å². The summed E-state index contributed by atoms with van der Waals surface area (Å²) in [5.41, 5.74) is 0. The third kappa shape index (κ3) is 3.75. The fourth-order valence-corrected chi connectivity index (χ4v) is 3.73. The number of rotatable bonds is 4. The van der Waals surface area contributed by atoms with Crippen LogP contribution < -0.4 is 10.6 Å². The highest BCUT2D eigenvalue weighted by atomic mass is 32.1. The van der Waals surface area contributed by atoms with Gasteiger partial charge in [-0.25, -0.2) is 0 Å². The summed E-state index contributed by atoms with van der Waals surface area (Å²) in [6, 6.07) is 5.18. The zero-order valence-electron chi connectivity index (χ0n) is 12.7. The summed E-state index contributed by atoms with van der Waals surface area (Å²) in [4.78, 5) is 8.41. The third-order valence-corrected chi connectivity index (χ3v) is 4.93. The van der Waals surface area contributed by atoms with Gasteiger partial charge in [-0.1, -0.05) is 6.07 Å². The van der Waals surface area contributed by atoms with Gasteiger partial charge in [0.25, 0.3) is 0 Å². The molecule has 2 N–H and O–H groups in total. The smallest absolute Gasteiger partial charge is 0.191 e. The van der Waals surface area contributed by atoms with Crippen molar-refractivity contribution in [1.29, 1.82) is 0 Å². The van der Waals surface area contributed by atoms with Crippen LogP contribution in [-0.2, 0) is 4.74 Å². The molecule has 0 saturated carbocycles. The van der Waals surface area contributed by atoms with Gasteiger partial charge in [-0.2, -0.15) is 0 Å². The molecule has 0 radical (unpaired) electrons. The molecule has 5 nitrogen and oxygen atoms in total. The van der Waals surface area contributed by atoms with Gasteiger partial charge in [0, 0.05) is 30.6 Å². The summed E-state index contributed by atoms with van der Waals surface area (Å²) in [5, 5.41) is 8.99. The van der Waals surface area contributed by atoms with Crippen molar-refractivity contribution in [2.45, 2.75) is 32.0 Å². The minimum atomic E-state index is 0.309. The van der Waals surface area contributed by atoms with E-state index in [-0.39, 0.29) is 0 Å². The van der Waals surface area contributed by atoms with Crippen molar-refractivity contribution < 1.29 is 4.74 Å². The maximum atomic E-state index is 5.67. The summed E-state index contributed by atoms with van der Waals surface area (Å²) in [6.45, 7) is 8.84. The first-order chi connectivity index (χ1) is 10.2. The van der Waals surface area contributed by atoms with Crippen LogP contribution in [-0.4, -0.2) is 55.8 Å². The van der Waals surface area contributed by atoms with E-state index in [1.54, 1.807) is 0 Å². The highest BCUT2D eigenvalue weighted by Crippen LogP contribution is 2.26. The van der Waals surface area contributed by atoms with Gasteiger partial charge in [-0.15, -0.1) is 11.3 Å². The highest BCUT2D eigenvalue weighted by molar-refractivity contribution is 7.10. The molecule has 1 fully saturated rings. The van der Waals surface area contributed by atoms with E-state index in [0.717, 1.165) is 38.7 Å². The first-order valence-corrected chi connectivity index (χ1v) is 8.54. The van der Waals surface area contributed by atoms with Crippen LogP contribution in [0.2, 0.25) is 0 Å². The lowest BCUT2D eigenvalue weighted by Gasteiger charge is -2.37. The van der Waals surface area contributed by atoms with Crippen LogP contribution in [0.1, 0.15) is 24.8 Å². The first-order valence-electron chi connectivity index (χ1n) is 7.66. The van der Waals surface area contributed by atoms with E-state index in [4.69, 9.17) is 4.74 Å². The van der Waals surface area contributed by atoms with Gasteiger partial charge in [-0.05, 0) is 25.3 Å². The number of guanidine groups is 1. The summed E-state index contributed by atoms with van der Waals surface area (Å²) in [6.07, 6.45) is 0.309. The van der Waals surface area contributed by atoms with E-state index in [2.05, 4.69) is 51.9 Å². The largest absolute Gasteiger partial charge is 0.376 e. The third-order valence-electron chi connectivity index (χ3n) is 3.95. The number of aliphatic imine (C=N–C) groups is 1. The molecule has 0 aromatic carbocycles. The summed E-state index contributed by atoms with van der Waals surface area (Å²) in [5.74, 6) is 0.936. The number of morpholine rings is 1. The maximum Gasteiger partial charge on any atom is 0.191 e. The molecular weight excluding hydrogens is 284 g/mol. The Balaban J connectivity index is 1.65. The second-order valence-electron chi connectivity index (χ2n) is 5.82. The van der Waals surface area contributed by atoms with Crippen molar-refractivity contribution in [2.75, 3.05) is 32.8 Å². The van der Waals surface area contributed by atoms with Crippen molar-refractivity contribution in [2.24, 2.45) is 4.99 Å². The zero-order valence-corrected chi connectivity index (χ0v) is 13.5. The molecule has 21 heavy (non-hydrogen) atoms. The normalized spacial score (nSPS) is 28.0. The molecule has 6 heteroatoms. The monoisotopic (exact) mass is 308 g/mol. The molecule has 3 heterocycles. The van der Waals surface area contributed by atoms with Gasteiger partial charge in [0.15, 0.2) is 5.96 Å². The molecule has 3 unspecified atom stereocenters. The van der Waals surface area contributed by atoms with Gasteiger partial charge >= 0.3 is 0 Å². The molecule has 0 bridgehead atoms. The van der Waals surface area contributed by atoms with E-state index < -0.39 is 0 Å². The lowest BCUT2D eigenvalue weighted by Crippen LogP contribution is -2.47. The van der Waals surface area contributed by atoms with E-state index in [1.807, 2.05) is 11.3 Å². The van der Waals surface area contributed by atoms with Gasteiger partial charge < -0.3 is 15.4 Å². The second kappa shape index (κ2) is 6.77. The quantitative estimate of drug-likeness (QED) is 0.884. The van der Waals surface area contributed by atoms with Crippen molar-refractivity contribution in [1.82, 2.24) is 15.5 Å². The minimum absolute atomic E-state index is 0.309. The first kappa shape index (κ1) is 14.8. The molecule has 3 rings (SSSR count). The predicted octanol–water partition coefficient (Wildman–Crippen LogP) is 1.45. The Bertz CT molecular complexity index is 476. The average molecular weight is 308 g/mol. The van der Waals surface area contributed by atoms with Crippen LogP contribution >= 0.6 is 11.3 Å². The number of thiophene rings is 1. The van der Waals surface area contributed by atoms with E-state index >= 15 is 0 Å². The number of ether oxygens (including phenoxy) is 1. The molecule has 2 aliphatic rings. The van der Waals surface area contributed by atoms with Crippen molar-refractivity contribution in [3.8, 4) is 0 Å². The Morgan fingerprint density at radius 3 is 3.14 bits per heavy atom. The van der Waals surface area contributed by atoms with E-state index in [1.165, 1.54) is 4.88 Å². The molecule has 0 amide bonds. The standard InChI is InChI=1S/C15H24N4OS/c1-11-8-16-15(18-11)17-9-13(14-4-3-7-21-14)19-5-6-20-12(2)10-19/h3-4,7,11-13H,5-6,8-10H2,1-2H3,(H2,16,17,18). The van der Waals surface area contributed by atoms with Gasteiger partial charge in [0.1, 0.15) is 0 Å². The molecule has 116 valence electrons. The molecule has 1 aromatic heterocycles. The van der Waals surface area contributed by atoms with Gasteiger partial charge in [0.2, 0.25) is 0 Å². The molecule has 1 aromatic rings. The fraction of sp³-hybridized carbons (Fsp3) is 0.667. The van der Waals surface area contributed by atoms with Crippen molar-refractivity contribution in [3.05, 3.63) is 22.4 Å². The number of hydrogen-bond acceptors (Lipinski definition) is 6. The lowest BCUT2D eigenvalue weighted by molar-refractivity contribution is -0.0334. The Labute approximate surface area is 130 Å². The summed E-state index contributed by atoms with van der Waals surface area (Å²) < 4.78 is 5.67. The van der Waals surface area contributed by atoms with Crippen LogP contribution in [0.3, 0.4) is 0 Å². The summed E-state index contributed by atoms with van der Waals surface area (Å²) in [7, 11) is 0. The molecule has 3 atom stereocenters. The highest BCUT2D eigenvalue weighted by Gasteiger charge is 2.26. The fourth-order valence-electron chi connectivity index (χ4n) is 2.87. The van der Waals surface area contributed by atoms with E-state index in [9.17, 15) is 0 Å². The van der Waals surface area contributed by atoms with Crippen LogP contribution in [0.4, 0.5) is 0 Å². The van der Waals surface area contributed by atoms with Crippen molar-refractivity contribution in [3.63, 3.8) is 0 Å². The number of nitrogens with zero attached hydrogens (tertiary/aromatic N) is 2. The molecule has 2 aliphatic heterocycles. The molecular formula is C15H24N4OS. The Morgan fingerprint density at radius 1 is 1.57 bits per heavy atom. The van der Waals surface area contributed by atoms with Crippen LogP contribution in [0, 0.1) is 0 Å². The number of hydrogen-bond donors (Lipinski definition) is 2. The predicted molar refractivity (Wildman–Crippen MR) is 86.9 cm³/mol. The SMILES string of the molecule is CC1CN=C(NCC(c2cccs2)N2CCOC(C)C2)N1. The molecule has 1 saturated heterocycles. The molecule has 0 aliphatic carbocycles. The maximum absolute atomic E-state index is 5.67. The Hall–Kier alpha value is -1.11. The second-order valence-corrected chi connectivity index (χ2v) is 6.80. The molecule has 0 spiro atoms. The van der Waals surface area contributed by atoms with Gasteiger partial charge in [-0.3, -0.25) is 9.89 Å². The van der Waals surface area contributed by atoms with Crippen LogP contribution in [0.5, 0.6) is 0 Å². The Morgan fingerprint density at radius 2 is 2.48 bits per heavy atom. The minimum Gasteiger partial charge on any atom is -0.376 e. The topological polar surface area (TPSA) is 48.9 Å².